The number of sulfone groups is 1. The van der Waals surface area contributed by atoms with Crippen molar-refractivity contribution in [3.63, 3.8) is 0 Å². The molecule has 2 saturated carbocycles. The number of hydrogen-bond donors (Lipinski definition) is 1. The number of nitrogens with zero attached hydrogens (tertiary/aromatic N) is 1. The molecule has 40 heavy (non-hydrogen) atoms. The van der Waals surface area contributed by atoms with Gasteiger partial charge in [-0.1, -0.05) is 67.4 Å². The molecule has 2 heterocycles. The Morgan fingerprint density at radius 3 is 2.42 bits per heavy atom. The SMILES string of the molecule is O=C(Cc1ccc(S(=O)(=O)C2CC2)cc1)N1CCc2cc(C3(C4CCCC4)NCCc4ccccc43)ccc2C1. The summed E-state index contributed by atoms with van der Waals surface area (Å²) in [6, 6.07) is 23.0. The van der Waals surface area contributed by atoms with Gasteiger partial charge >= 0.3 is 0 Å². The fourth-order valence-corrected chi connectivity index (χ4v) is 9.15. The number of carbonyl (C=O) groups is 1. The zero-order valence-electron chi connectivity index (χ0n) is 23.1. The molecule has 3 aromatic rings. The van der Waals surface area contributed by atoms with Gasteiger partial charge < -0.3 is 10.2 Å². The highest BCUT2D eigenvalue weighted by Crippen LogP contribution is 2.48. The van der Waals surface area contributed by atoms with Crippen LogP contribution in [0.25, 0.3) is 0 Å². The molecular formula is C34H38N2O3S. The van der Waals surface area contributed by atoms with Crippen LogP contribution in [0.15, 0.2) is 71.6 Å². The maximum absolute atomic E-state index is 13.3. The van der Waals surface area contributed by atoms with Crippen LogP contribution in [0.2, 0.25) is 0 Å². The van der Waals surface area contributed by atoms with Gasteiger partial charge in [-0.05, 0) is 90.0 Å². The van der Waals surface area contributed by atoms with Crippen molar-refractivity contribution in [1.82, 2.24) is 10.2 Å². The minimum atomic E-state index is -3.20. The van der Waals surface area contributed by atoms with Gasteiger partial charge in [0.1, 0.15) is 0 Å². The predicted molar refractivity (Wildman–Crippen MR) is 157 cm³/mol. The fourth-order valence-electron chi connectivity index (χ4n) is 7.49. The molecule has 2 fully saturated rings. The Morgan fingerprint density at radius 2 is 1.65 bits per heavy atom. The summed E-state index contributed by atoms with van der Waals surface area (Å²) < 4.78 is 25.0. The molecule has 1 N–H and O–H groups in total. The van der Waals surface area contributed by atoms with Crippen molar-refractivity contribution in [3.05, 3.63) is 100 Å². The van der Waals surface area contributed by atoms with Crippen molar-refractivity contribution in [2.45, 2.75) is 80.0 Å². The third kappa shape index (κ3) is 4.50. The third-order valence-electron chi connectivity index (χ3n) is 9.80. The van der Waals surface area contributed by atoms with E-state index in [1.807, 2.05) is 4.90 Å². The molecule has 7 rings (SSSR count). The molecule has 2 aliphatic carbocycles. The average molecular weight is 555 g/mol. The molecular weight excluding hydrogens is 516 g/mol. The minimum absolute atomic E-state index is 0.0952. The Hall–Kier alpha value is -2.96. The summed E-state index contributed by atoms with van der Waals surface area (Å²) >= 11 is 0. The maximum Gasteiger partial charge on any atom is 0.227 e. The lowest BCUT2D eigenvalue weighted by Gasteiger charge is -2.46. The first-order chi connectivity index (χ1) is 19.4. The van der Waals surface area contributed by atoms with Crippen molar-refractivity contribution in [2.24, 2.45) is 5.92 Å². The van der Waals surface area contributed by atoms with Crippen LogP contribution in [0.3, 0.4) is 0 Å². The maximum atomic E-state index is 13.3. The molecule has 1 amide bonds. The molecule has 1 atom stereocenters. The number of fused-ring (bicyclic) bond motifs is 2. The standard InChI is InChI=1S/C34H38N2O3S/c37-33(21-24-9-13-30(14-10-24)40(38,39)31-15-16-31)36-20-18-26-22-29(12-11-27(26)23-36)34(28-6-2-3-7-28)32-8-4-1-5-25(32)17-19-35-34/h1,4-5,8-14,22,28,31,35H,2-3,6-7,15-21,23H2. The number of nitrogens with one attached hydrogen (secondary N) is 1. The van der Waals surface area contributed by atoms with Gasteiger partial charge in [-0.3, -0.25) is 4.79 Å². The summed E-state index contributed by atoms with van der Waals surface area (Å²) in [5, 5.41) is 3.81. The van der Waals surface area contributed by atoms with Gasteiger partial charge in [0.25, 0.3) is 0 Å². The van der Waals surface area contributed by atoms with Crippen LogP contribution >= 0.6 is 0 Å². The fraction of sp³-hybridized carbons (Fsp3) is 0.441. The largest absolute Gasteiger partial charge is 0.338 e. The molecule has 1 unspecified atom stereocenters. The number of benzene rings is 3. The van der Waals surface area contributed by atoms with Gasteiger partial charge in [0.2, 0.25) is 5.91 Å². The van der Waals surface area contributed by atoms with E-state index in [1.165, 1.54) is 53.5 Å². The first-order valence-corrected chi connectivity index (χ1v) is 16.6. The summed E-state index contributed by atoms with van der Waals surface area (Å²) in [6.07, 6.45) is 8.86. The van der Waals surface area contributed by atoms with Gasteiger partial charge in [0.15, 0.2) is 9.84 Å². The van der Waals surface area contributed by atoms with Crippen LogP contribution in [-0.4, -0.2) is 37.6 Å². The number of carbonyl (C=O) groups excluding carboxylic acids is 1. The van der Waals surface area contributed by atoms with Crippen molar-refractivity contribution >= 4 is 15.7 Å². The third-order valence-corrected chi connectivity index (χ3v) is 12.1. The predicted octanol–water partition coefficient (Wildman–Crippen LogP) is 5.33. The summed E-state index contributed by atoms with van der Waals surface area (Å²) in [4.78, 5) is 15.6. The lowest BCUT2D eigenvalue weighted by Crippen LogP contribution is -2.52. The Kier molecular flexibility index (Phi) is 6.59. The Morgan fingerprint density at radius 1 is 0.875 bits per heavy atom. The molecule has 0 spiro atoms. The molecule has 0 aromatic heterocycles. The molecule has 6 heteroatoms. The van der Waals surface area contributed by atoms with Crippen LogP contribution in [0, 0.1) is 5.92 Å². The Bertz CT molecular complexity index is 1540. The highest BCUT2D eigenvalue weighted by atomic mass is 32.2. The van der Waals surface area contributed by atoms with Crippen LogP contribution < -0.4 is 5.32 Å². The minimum Gasteiger partial charge on any atom is -0.338 e. The summed E-state index contributed by atoms with van der Waals surface area (Å²) in [7, 11) is -3.20. The normalized spacial score (nSPS) is 23.1. The molecule has 5 nitrogen and oxygen atoms in total. The van der Waals surface area contributed by atoms with E-state index in [0.29, 0.717) is 30.3 Å². The molecule has 0 radical (unpaired) electrons. The van der Waals surface area contributed by atoms with Crippen LogP contribution in [-0.2, 0) is 46.0 Å². The monoisotopic (exact) mass is 554 g/mol. The molecule has 3 aromatic carbocycles. The van der Waals surface area contributed by atoms with Crippen LogP contribution in [0.1, 0.15) is 71.9 Å². The van der Waals surface area contributed by atoms with Gasteiger partial charge in [0.05, 0.1) is 22.1 Å². The number of rotatable bonds is 6. The van der Waals surface area contributed by atoms with Gasteiger partial charge in [-0.25, -0.2) is 8.42 Å². The van der Waals surface area contributed by atoms with E-state index in [4.69, 9.17) is 0 Å². The first kappa shape index (κ1) is 26.0. The summed E-state index contributed by atoms with van der Waals surface area (Å²) in [6.45, 7) is 2.34. The van der Waals surface area contributed by atoms with Gasteiger partial charge in [-0.15, -0.1) is 0 Å². The first-order valence-electron chi connectivity index (χ1n) is 15.0. The average Bonchev–Trinajstić information content (AvgIpc) is 3.72. The van der Waals surface area contributed by atoms with E-state index in [-0.39, 0.29) is 16.7 Å². The quantitative estimate of drug-likeness (QED) is 0.447. The summed E-state index contributed by atoms with van der Waals surface area (Å²) in [5.74, 6) is 0.692. The smallest absolute Gasteiger partial charge is 0.227 e. The van der Waals surface area contributed by atoms with Crippen LogP contribution in [0.4, 0.5) is 0 Å². The van der Waals surface area contributed by atoms with E-state index in [9.17, 15) is 13.2 Å². The van der Waals surface area contributed by atoms with Crippen LogP contribution in [0.5, 0.6) is 0 Å². The molecule has 2 aliphatic heterocycles. The molecule has 4 aliphatic rings. The Balaban J connectivity index is 1.10. The topological polar surface area (TPSA) is 66.5 Å². The number of hydrogen-bond acceptors (Lipinski definition) is 4. The van der Waals surface area contributed by atoms with Gasteiger partial charge in [-0.2, -0.15) is 0 Å². The lowest BCUT2D eigenvalue weighted by atomic mass is 9.68. The zero-order valence-corrected chi connectivity index (χ0v) is 23.9. The zero-order chi connectivity index (χ0) is 27.3. The molecule has 208 valence electrons. The van der Waals surface area contributed by atoms with Crippen molar-refractivity contribution < 1.29 is 13.2 Å². The van der Waals surface area contributed by atoms with E-state index in [1.54, 1.807) is 24.3 Å². The lowest BCUT2D eigenvalue weighted by molar-refractivity contribution is -0.131. The van der Waals surface area contributed by atoms with Gasteiger partial charge in [0, 0.05) is 19.6 Å². The van der Waals surface area contributed by atoms with Crippen molar-refractivity contribution in [1.29, 1.82) is 0 Å². The molecule has 0 saturated heterocycles. The Labute approximate surface area is 237 Å². The van der Waals surface area contributed by atoms with E-state index in [2.05, 4.69) is 47.8 Å². The van der Waals surface area contributed by atoms with E-state index < -0.39 is 9.84 Å². The van der Waals surface area contributed by atoms with E-state index >= 15 is 0 Å². The van der Waals surface area contributed by atoms with Crippen molar-refractivity contribution in [3.8, 4) is 0 Å². The van der Waals surface area contributed by atoms with E-state index in [0.717, 1.165) is 37.8 Å². The second-order valence-electron chi connectivity index (χ2n) is 12.2. The highest BCUT2D eigenvalue weighted by Gasteiger charge is 2.45. The number of amides is 1. The second-order valence-corrected chi connectivity index (χ2v) is 14.5. The molecule has 0 bridgehead atoms. The highest BCUT2D eigenvalue weighted by molar-refractivity contribution is 7.92. The van der Waals surface area contributed by atoms with Crippen molar-refractivity contribution in [2.75, 3.05) is 13.1 Å². The second kappa shape index (κ2) is 10.1. The summed E-state index contributed by atoms with van der Waals surface area (Å²) in [5.41, 5.74) is 7.63.